The van der Waals surface area contributed by atoms with Crippen molar-refractivity contribution in [2.45, 2.75) is 64.0 Å². The molecule has 0 saturated carbocycles. The second kappa shape index (κ2) is 12.3. The van der Waals surface area contributed by atoms with Crippen molar-refractivity contribution in [2.75, 3.05) is 33.3 Å². The average molecular weight is 480 g/mol. The molecule has 2 rings (SSSR count). The lowest BCUT2D eigenvalue weighted by molar-refractivity contribution is 0.0812. The quantitative estimate of drug-likeness (QED) is 0.586. The number of hydrogen-bond acceptors (Lipinski definition) is 5. The van der Waals surface area contributed by atoms with Crippen molar-refractivity contribution in [1.82, 2.24) is 14.5 Å². The first-order chi connectivity index (χ1) is 15.6. The van der Waals surface area contributed by atoms with E-state index in [2.05, 4.69) is 17.2 Å². The minimum atomic E-state index is -3.90. The summed E-state index contributed by atoms with van der Waals surface area (Å²) in [6.07, 6.45) is 2.05. The third-order valence-electron chi connectivity index (χ3n) is 5.60. The highest BCUT2D eigenvalue weighted by Crippen LogP contribution is 2.34. The highest BCUT2D eigenvalue weighted by atomic mass is 32.2. The van der Waals surface area contributed by atoms with Gasteiger partial charge in [-0.2, -0.15) is 4.31 Å². The van der Waals surface area contributed by atoms with Crippen molar-refractivity contribution in [3.05, 3.63) is 23.8 Å². The van der Waals surface area contributed by atoms with Gasteiger partial charge in [0.15, 0.2) is 0 Å². The summed E-state index contributed by atoms with van der Waals surface area (Å²) in [5, 5.41) is 12.6. The van der Waals surface area contributed by atoms with Crippen molar-refractivity contribution < 1.29 is 23.1 Å². The van der Waals surface area contributed by atoms with Gasteiger partial charge >= 0.3 is 6.03 Å². The van der Waals surface area contributed by atoms with Crippen LogP contribution in [0.1, 0.15) is 52.5 Å². The Bertz CT molecular complexity index is 970. The molecule has 1 aromatic carbocycles. The molecule has 1 heterocycles. The van der Waals surface area contributed by atoms with Crippen LogP contribution in [0.15, 0.2) is 23.1 Å². The summed E-state index contributed by atoms with van der Waals surface area (Å²) >= 11 is 0. The maximum Gasteiger partial charge on any atom is 0.317 e. The predicted molar refractivity (Wildman–Crippen MR) is 129 cm³/mol. The molecule has 1 aliphatic heterocycles. The number of nitrogens with one attached hydrogen (secondary N) is 1. The maximum atomic E-state index is 13.5. The van der Waals surface area contributed by atoms with E-state index < -0.39 is 22.2 Å². The number of unbranched alkanes of at least 4 members (excludes halogenated alkanes) is 1. The molecule has 184 valence electrons. The molecule has 2 amide bonds. The number of aliphatic hydroxyl groups excluding tert-OH is 1. The molecular formula is C24H37N3O5S. The molecule has 0 spiro atoms. The van der Waals surface area contributed by atoms with Crippen molar-refractivity contribution in [3.8, 4) is 17.6 Å². The number of urea groups is 1. The molecule has 0 aromatic heterocycles. The SMILES string of the molecule is CCCC#Cc1ccc2c(c1)O[C@@H](CN(C)C(=O)NCCC)[C@@H](C)CN([C@@H](C)CO)S2(=O)=O. The van der Waals surface area contributed by atoms with E-state index in [1.165, 1.54) is 10.4 Å². The molecule has 0 radical (unpaired) electrons. The van der Waals surface area contributed by atoms with E-state index in [1.54, 1.807) is 31.0 Å². The Morgan fingerprint density at radius 2 is 2.09 bits per heavy atom. The molecule has 0 fully saturated rings. The number of carbonyl (C=O) groups excluding carboxylic acids is 1. The Kier molecular flexibility index (Phi) is 10.0. The highest BCUT2D eigenvalue weighted by molar-refractivity contribution is 7.89. The number of carbonyl (C=O) groups is 1. The van der Waals surface area contributed by atoms with E-state index in [-0.39, 0.29) is 42.3 Å². The van der Waals surface area contributed by atoms with Crippen molar-refractivity contribution >= 4 is 16.1 Å². The van der Waals surface area contributed by atoms with Crippen molar-refractivity contribution in [3.63, 3.8) is 0 Å². The standard InChI is InChI=1S/C24H37N3O5S/c1-6-8-9-10-20-11-12-23-21(14-20)32-22(16-26(5)24(29)25-13-7-2)18(3)15-27(19(4)17-28)33(23,30)31/h11-12,14,18-19,22,28H,6-8,13,15-17H2,1-5H3,(H,25,29)/t18-,19-,22-/m0/s1. The van der Waals surface area contributed by atoms with Gasteiger partial charge in [-0.3, -0.25) is 0 Å². The second-order valence-corrected chi connectivity index (χ2v) is 10.4. The molecular weight excluding hydrogens is 442 g/mol. The van der Waals surface area contributed by atoms with Gasteiger partial charge < -0.3 is 20.1 Å². The number of rotatable bonds is 7. The van der Waals surface area contributed by atoms with Gasteiger partial charge in [0.2, 0.25) is 10.0 Å². The molecule has 9 heteroatoms. The Labute approximate surface area is 198 Å². The number of hydrogen-bond donors (Lipinski definition) is 2. The topological polar surface area (TPSA) is 99.2 Å². The summed E-state index contributed by atoms with van der Waals surface area (Å²) in [5.41, 5.74) is 0.667. The number of nitrogens with zero attached hydrogens (tertiary/aromatic N) is 2. The van der Waals surface area contributed by atoms with Crippen LogP contribution in [0, 0.1) is 17.8 Å². The molecule has 33 heavy (non-hydrogen) atoms. The van der Waals surface area contributed by atoms with Crippen LogP contribution in [0.5, 0.6) is 5.75 Å². The molecule has 8 nitrogen and oxygen atoms in total. The number of aliphatic hydroxyl groups is 1. The van der Waals surface area contributed by atoms with Gasteiger partial charge in [0.1, 0.15) is 16.7 Å². The molecule has 2 N–H and O–H groups in total. The largest absolute Gasteiger partial charge is 0.487 e. The zero-order valence-electron chi connectivity index (χ0n) is 20.3. The molecule has 0 aliphatic carbocycles. The first kappa shape index (κ1) is 27.0. The normalized spacial score (nSPS) is 20.8. The third-order valence-corrected chi connectivity index (χ3v) is 7.62. The smallest absolute Gasteiger partial charge is 0.317 e. The van der Waals surface area contributed by atoms with Gasteiger partial charge in [0.25, 0.3) is 0 Å². The lowest BCUT2D eigenvalue weighted by Crippen LogP contribution is -2.51. The number of amides is 2. The van der Waals surface area contributed by atoms with Gasteiger partial charge in [-0.05, 0) is 38.0 Å². The number of benzene rings is 1. The van der Waals surface area contributed by atoms with Gasteiger partial charge in [-0.15, -0.1) is 0 Å². The van der Waals surface area contributed by atoms with E-state index in [0.29, 0.717) is 12.1 Å². The molecule has 0 bridgehead atoms. The fourth-order valence-corrected chi connectivity index (χ4v) is 5.36. The van der Waals surface area contributed by atoms with Gasteiger partial charge in [0.05, 0.1) is 13.2 Å². The average Bonchev–Trinajstić information content (AvgIpc) is 2.79. The van der Waals surface area contributed by atoms with Crippen LogP contribution in [0.2, 0.25) is 0 Å². The van der Waals surface area contributed by atoms with E-state index >= 15 is 0 Å². The molecule has 1 aliphatic rings. The fraction of sp³-hybridized carbons (Fsp3) is 0.625. The lowest BCUT2D eigenvalue weighted by atomic mass is 10.0. The summed E-state index contributed by atoms with van der Waals surface area (Å²) in [5.74, 6) is 6.11. The Morgan fingerprint density at radius 1 is 1.36 bits per heavy atom. The van der Waals surface area contributed by atoms with Crippen molar-refractivity contribution in [2.24, 2.45) is 5.92 Å². The van der Waals surface area contributed by atoms with Crippen molar-refractivity contribution in [1.29, 1.82) is 0 Å². The maximum absolute atomic E-state index is 13.5. The summed E-state index contributed by atoms with van der Waals surface area (Å²) < 4.78 is 34.5. The number of fused-ring (bicyclic) bond motifs is 1. The van der Waals surface area contributed by atoms with Crippen LogP contribution in [0.3, 0.4) is 0 Å². The second-order valence-electron chi connectivity index (χ2n) is 8.57. The lowest BCUT2D eigenvalue weighted by Gasteiger charge is -2.37. The number of sulfonamides is 1. The minimum absolute atomic E-state index is 0.0406. The Balaban J connectivity index is 2.48. The first-order valence-corrected chi connectivity index (χ1v) is 13.0. The van der Waals surface area contributed by atoms with Gasteiger partial charge in [-0.25, -0.2) is 13.2 Å². The van der Waals surface area contributed by atoms with E-state index in [1.807, 2.05) is 20.8 Å². The Morgan fingerprint density at radius 3 is 2.73 bits per heavy atom. The summed E-state index contributed by atoms with van der Waals surface area (Å²) in [6, 6.07) is 4.04. The summed E-state index contributed by atoms with van der Waals surface area (Å²) in [6.45, 7) is 8.32. The van der Waals surface area contributed by atoms with Crippen LogP contribution < -0.4 is 10.1 Å². The molecule has 0 unspecified atom stereocenters. The fourth-order valence-electron chi connectivity index (χ4n) is 3.53. The van der Waals surface area contributed by atoms with E-state index in [9.17, 15) is 18.3 Å². The summed E-state index contributed by atoms with van der Waals surface area (Å²) in [4.78, 5) is 14.0. The third kappa shape index (κ3) is 6.85. The highest BCUT2D eigenvalue weighted by Gasteiger charge is 2.38. The number of likely N-dealkylation sites (N-methyl/N-ethyl adjacent to an activating group) is 1. The Hall–Kier alpha value is -2.28. The zero-order chi connectivity index (χ0) is 24.6. The predicted octanol–water partition coefficient (Wildman–Crippen LogP) is 2.66. The van der Waals surface area contributed by atoms with Gasteiger partial charge in [0, 0.05) is 44.1 Å². The van der Waals surface area contributed by atoms with E-state index in [4.69, 9.17) is 4.74 Å². The summed E-state index contributed by atoms with van der Waals surface area (Å²) in [7, 11) is -2.21. The molecule has 3 atom stereocenters. The van der Waals surface area contributed by atoms with Crippen LogP contribution in [0.25, 0.3) is 0 Å². The number of ether oxygens (including phenoxy) is 1. The zero-order valence-corrected chi connectivity index (χ0v) is 21.1. The van der Waals surface area contributed by atoms with Gasteiger partial charge in [-0.1, -0.05) is 32.6 Å². The molecule has 0 saturated heterocycles. The van der Waals surface area contributed by atoms with Crippen LogP contribution in [-0.2, 0) is 10.0 Å². The van der Waals surface area contributed by atoms with Crippen LogP contribution in [0.4, 0.5) is 4.79 Å². The van der Waals surface area contributed by atoms with Crippen LogP contribution in [-0.4, -0.2) is 74.2 Å². The minimum Gasteiger partial charge on any atom is -0.487 e. The van der Waals surface area contributed by atoms with E-state index in [0.717, 1.165) is 19.3 Å². The van der Waals surface area contributed by atoms with Crippen LogP contribution >= 0.6 is 0 Å². The molecule has 1 aromatic rings. The first-order valence-electron chi connectivity index (χ1n) is 11.6. The monoisotopic (exact) mass is 479 g/mol.